The quantitative estimate of drug-likeness (QED) is 0.860. The molecule has 2 aliphatic rings. The molecule has 1 aliphatic heterocycles. The van der Waals surface area contributed by atoms with Gasteiger partial charge in [-0.15, -0.1) is 0 Å². The Kier molecular flexibility index (Phi) is 4.26. The smallest absolute Gasteiger partial charge is 0.136 e. The van der Waals surface area contributed by atoms with Crippen LogP contribution in [-0.2, 0) is 9.47 Å². The Balaban J connectivity index is 1.83. The fourth-order valence-electron chi connectivity index (χ4n) is 2.79. The zero-order valence-corrected chi connectivity index (χ0v) is 13.0. The minimum Gasteiger partial charge on any atom is -0.377 e. The normalized spacial score (nSPS) is 25.4. The van der Waals surface area contributed by atoms with Crippen LogP contribution in [0.1, 0.15) is 31.5 Å². The van der Waals surface area contributed by atoms with Crippen LogP contribution in [0.5, 0.6) is 0 Å². The Labute approximate surface area is 125 Å². The highest BCUT2D eigenvalue weighted by molar-refractivity contribution is 5.51. The predicted octanol–water partition coefficient (Wildman–Crippen LogP) is 1.64. The first kappa shape index (κ1) is 14.5. The van der Waals surface area contributed by atoms with E-state index in [9.17, 15) is 0 Å². The van der Waals surface area contributed by atoms with E-state index in [2.05, 4.69) is 22.1 Å². The number of nitrogens with zero attached hydrogens (tertiary/aromatic N) is 3. The number of aromatic nitrogens is 2. The van der Waals surface area contributed by atoms with Crippen molar-refractivity contribution >= 4 is 11.6 Å². The van der Waals surface area contributed by atoms with Crippen molar-refractivity contribution in [2.24, 2.45) is 0 Å². The molecule has 2 atom stereocenters. The fraction of sp³-hybridized carbons (Fsp3) is 0.733. The summed E-state index contributed by atoms with van der Waals surface area (Å²) in [7, 11) is 3.47. The average Bonchev–Trinajstić information content (AvgIpc) is 3.26. The number of hydrogen-bond donors (Lipinski definition) is 1. The molecular formula is C15H24N4O2. The summed E-state index contributed by atoms with van der Waals surface area (Å²) < 4.78 is 11.0. The van der Waals surface area contributed by atoms with Crippen LogP contribution in [0.4, 0.5) is 11.6 Å². The average molecular weight is 292 g/mol. The molecule has 116 valence electrons. The zero-order valence-electron chi connectivity index (χ0n) is 13.0. The molecule has 0 bridgehead atoms. The van der Waals surface area contributed by atoms with Crippen LogP contribution in [0.25, 0.3) is 0 Å². The summed E-state index contributed by atoms with van der Waals surface area (Å²) in [5, 5.41) is 3.30. The molecule has 1 aromatic heterocycles. The second-order valence-electron chi connectivity index (χ2n) is 5.73. The van der Waals surface area contributed by atoms with Crippen molar-refractivity contribution in [3.05, 3.63) is 11.9 Å². The molecule has 0 aromatic carbocycles. The molecule has 0 radical (unpaired) electrons. The monoisotopic (exact) mass is 292 g/mol. The van der Waals surface area contributed by atoms with Gasteiger partial charge in [-0.25, -0.2) is 9.97 Å². The summed E-state index contributed by atoms with van der Waals surface area (Å²) >= 11 is 0. The number of hydrogen-bond acceptors (Lipinski definition) is 6. The predicted molar refractivity (Wildman–Crippen MR) is 82.0 cm³/mol. The Morgan fingerprint density at radius 1 is 1.19 bits per heavy atom. The van der Waals surface area contributed by atoms with Crippen molar-refractivity contribution in [1.82, 2.24) is 9.97 Å². The van der Waals surface area contributed by atoms with E-state index in [1.54, 1.807) is 14.2 Å². The maximum absolute atomic E-state index is 5.51. The number of ether oxygens (including phenoxy) is 2. The molecule has 21 heavy (non-hydrogen) atoms. The Morgan fingerprint density at radius 2 is 1.86 bits per heavy atom. The van der Waals surface area contributed by atoms with Crippen LogP contribution in [-0.4, -0.2) is 56.0 Å². The summed E-state index contributed by atoms with van der Waals surface area (Å²) in [5.74, 6) is 3.41. The largest absolute Gasteiger partial charge is 0.377 e. The lowest BCUT2D eigenvalue weighted by Crippen LogP contribution is -2.27. The molecule has 1 aromatic rings. The van der Waals surface area contributed by atoms with Gasteiger partial charge >= 0.3 is 0 Å². The van der Waals surface area contributed by atoms with Crippen LogP contribution in [0.3, 0.4) is 0 Å². The van der Waals surface area contributed by atoms with Crippen molar-refractivity contribution in [2.45, 2.75) is 37.9 Å². The first-order chi connectivity index (χ1) is 10.2. The third kappa shape index (κ3) is 3.11. The van der Waals surface area contributed by atoms with Crippen LogP contribution >= 0.6 is 0 Å². The molecule has 0 amide bonds. The fourth-order valence-corrected chi connectivity index (χ4v) is 2.79. The highest BCUT2D eigenvalue weighted by Gasteiger charge is 2.35. The van der Waals surface area contributed by atoms with Gasteiger partial charge in [0.2, 0.25) is 0 Å². The molecule has 2 fully saturated rings. The van der Waals surface area contributed by atoms with E-state index in [4.69, 9.17) is 14.5 Å². The maximum Gasteiger partial charge on any atom is 0.136 e. The molecule has 3 rings (SSSR count). The lowest BCUT2D eigenvalue weighted by molar-refractivity contribution is -0.00461. The molecule has 6 nitrogen and oxygen atoms in total. The van der Waals surface area contributed by atoms with Gasteiger partial charge in [0.1, 0.15) is 29.7 Å². The zero-order chi connectivity index (χ0) is 14.8. The van der Waals surface area contributed by atoms with E-state index in [1.165, 1.54) is 12.8 Å². The number of anilines is 2. The van der Waals surface area contributed by atoms with Crippen molar-refractivity contribution < 1.29 is 9.47 Å². The highest BCUT2D eigenvalue weighted by atomic mass is 16.5. The van der Waals surface area contributed by atoms with Crippen molar-refractivity contribution in [1.29, 1.82) is 0 Å². The van der Waals surface area contributed by atoms with Gasteiger partial charge in [-0.2, -0.15) is 0 Å². The molecule has 1 saturated carbocycles. The maximum atomic E-state index is 5.51. The molecule has 6 heteroatoms. The lowest BCUT2D eigenvalue weighted by atomic mass is 10.3. The first-order valence-corrected chi connectivity index (χ1v) is 7.68. The summed E-state index contributed by atoms with van der Waals surface area (Å²) in [5.41, 5.74) is 0. The van der Waals surface area contributed by atoms with Crippen LogP contribution in [0.2, 0.25) is 0 Å². The van der Waals surface area contributed by atoms with E-state index in [0.29, 0.717) is 5.92 Å². The van der Waals surface area contributed by atoms with E-state index < -0.39 is 0 Å². The molecule has 1 saturated heterocycles. The highest BCUT2D eigenvalue weighted by Crippen LogP contribution is 2.39. The van der Waals surface area contributed by atoms with Gasteiger partial charge in [0, 0.05) is 45.8 Å². The minimum absolute atomic E-state index is 0.0944. The molecule has 2 unspecified atom stereocenters. The molecule has 2 heterocycles. The van der Waals surface area contributed by atoms with Crippen molar-refractivity contribution in [3.8, 4) is 0 Å². The topological polar surface area (TPSA) is 59.5 Å². The van der Waals surface area contributed by atoms with Gasteiger partial charge in [0.25, 0.3) is 0 Å². The Bertz CT molecular complexity index is 481. The third-order valence-electron chi connectivity index (χ3n) is 4.18. The first-order valence-electron chi connectivity index (χ1n) is 7.68. The van der Waals surface area contributed by atoms with Crippen LogP contribution in [0, 0.1) is 0 Å². The van der Waals surface area contributed by atoms with Crippen molar-refractivity contribution in [3.63, 3.8) is 0 Å². The number of methoxy groups -OCH3 is 2. The second kappa shape index (κ2) is 6.15. The van der Waals surface area contributed by atoms with Crippen LogP contribution in [0.15, 0.2) is 6.07 Å². The summed E-state index contributed by atoms with van der Waals surface area (Å²) in [6.45, 7) is 4.56. The summed E-state index contributed by atoms with van der Waals surface area (Å²) in [4.78, 5) is 11.6. The van der Waals surface area contributed by atoms with Gasteiger partial charge < -0.3 is 19.7 Å². The number of rotatable bonds is 6. The van der Waals surface area contributed by atoms with Gasteiger partial charge in [-0.3, -0.25) is 0 Å². The van der Waals surface area contributed by atoms with Crippen molar-refractivity contribution in [2.75, 3.05) is 44.1 Å². The van der Waals surface area contributed by atoms with E-state index in [1.807, 2.05) is 6.07 Å². The standard InChI is InChI=1S/C15H24N4O2/c1-4-16-13-7-14(18-15(17-13)10-5-6-10)19-8-11(20-2)12(9-19)21-3/h7,10-12H,4-6,8-9H2,1-3H3,(H,16,17,18). The second-order valence-corrected chi connectivity index (χ2v) is 5.73. The molecule has 0 spiro atoms. The third-order valence-corrected chi connectivity index (χ3v) is 4.18. The van der Waals surface area contributed by atoms with E-state index in [0.717, 1.165) is 37.1 Å². The number of nitrogens with one attached hydrogen (secondary N) is 1. The Morgan fingerprint density at radius 3 is 2.38 bits per heavy atom. The molecular weight excluding hydrogens is 268 g/mol. The molecule has 1 N–H and O–H groups in total. The SMILES string of the molecule is CCNc1cc(N2CC(OC)C(OC)C2)nc(C2CC2)n1. The lowest BCUT2D eigenvalue weighted by Gasteiger charge is -2.18. The summed E-state index contributed by atoms with van der Waals surface area (Å²) in [6, 6.07) is 2.03. The van der Waals surface area contributed by atoms with E-state index in [-0.39, 0.29) is 12.2 Å². The van der Waals surface area contributed by atoms with Gasteiger partial charge in [0.15, 0.2) is 0 Å². The van der Waals surface area contributed by atoms with E-state index >= 15 is 0 Å². The molecule has 1 aliphatic carbocycles. The van der Waals surface area contributed by atoms with Gasteiger partial charge in [-0.1, -0.05) is 0 Å². The Hall–Kier alpha value is -1.40. The van der Waals surface area contributed by atoms with Gasteiger partial charge in [-0.05, 0) is 19.8 Å². The minimum atomic E-state index is 0.0944. The van der Waals surface area contributed by atoms with Crippen LogP contribution < -0.4 is 10.2 Å². The summed E-state index contributed by atoms with van der Waals surface area (Å²) in [6.07, 6.45) is 2.60. The van der Waals surface area contributed by atoms with Gasteiger partial charge in [0.05, 0.1) is 0 Å².